The Balaban J connectivity index is 1.78. The van der Waals surface area contributed by atoms with Crippen LogP contribution >= 0.6 is 11.3 Å². The number of hydrogen-bond acceptors (Lipinski definition) is 3. The smallest absolute Gasteiger partial charge is 0.264 e. The molecular formula is C16H18N2OS. The average Bonchev–Trinajstić information content (AvgIpc) is 3.21. The molecular weight excluding hydrogens is 268 g/mol. The quantitative estimate of drug-likeness (QED) is 0.842. The van der Waals surface area contributed by atoms with E-state index in [0.717, 1.165) is 29.7 Å². The first-order chi connectivity index (χ1) is 9.78. The molecule has 0 radical (unpaired) electrons. The first kappa shape index (κ1) is 13.3. The molecule has 1 aliphatic rings. The van der Waals surface area contributed by atoms with E-state index in [-0.39, 0.29) is 5.91 Å². The lowest BCUT2D eigenvalue weighted by atomic mass is 10.2. The lowest BCUT2D eigenvalue weighted by Crippen LogP contribution is -2.32. The number of amides is 1. The topological polar surface area (TPSA) is 33.2 Å². The van der Waals surface area contributed by atoms with Crippen molar-refractivity contribution in [2.24, 2.45) is 0 Å². The molecule has 1 amide bonds. The van der Waals surface area contributed by atoms with Crippen molar-refractivity contribution in [3.63, 3.8) is 0 Å². The number of aromatic nitrogens is 1. The third-order valence-electron chi connectivity index (χ3n) is 3.57. The van der Waals surface area contributed by atoms with Crippen molar-refractivity contribution in [2.45, 2.75) is 38.8 Å². The summed E-state index contributed by atoms with van der Waals surface area (Å²) in [6.45, 7) is 2.81. The molecule has 20 heavy (non-hydrogen) atoms. The van der Waals surface area contributed by atoms with E-state index in [0.29, 0.717) is 12.6 Å². The van der Waals surface area contributed by atoms with Crippen LogP contribution < -0.4 is 0 Å². The molecule has 104 valence electrons. The lowest BCUT2D eigenvalue weighted by molar-refractivity contribution is 0.0735. The van der Waals surface area contributed by atoms with Crippen LogP contribution in [-0.4, -0.2) is 21.8 Å². The second-order valence-electron chi connectivity index (χ2n) is 5.14. The Hall–Kier alpha value is -1.68. The van der Waals surface area contributed by atoms with Crippen molar-refractivity contribution in [1.29, 1.82) is 0 Å². The molecule has 0 saturated heterocycles. The van der Waals surface area contributed by atoms with Gasteiger partial charge in [0.2, 0.25) is 0 Å². The van der Waals surface area contributed by atoms with Crippen LogP contribution in [0.2, 0.25) is 0 Å². The molecule has 0 aromatic carbocycles. The predicted octanol–water partition coefficient (Wildman–Crippen LogP) is 3.51. The van der Waals surface area contributed by atoms with E-state index < -0.39 is 0 Å². The highest BCUT2D eigenvalue weighted by Gasteiger charge is 2.33. The molecule has 3 nitrogen and oxygen atoms in total. The number of pyridine rings is 1. The van der Waals surface area contributed by atoms with Gasteiger partial charge in [-0.1, -0.05) is 6.92 Å². The van der Waals surface area contributed by atoms with Gasteiger partial charge in [-0.25, -0.2) is 0 Å². The molecule has 2 aromatic heterocycles. The van der Waals surface area contributed by atoms with E-state index >= 15 is 0 Å². The number of nitrogens with zero attached hydrogens (tertiary/aromatic N) is 2. The second-order valence-corrected chi connectivity index (χ2v) is 6.31. The van der Waals surface area contributed by atoms with Crippen molar-refractivity contribution in [2.75, 3.05) is 0 Å². The fourth-order valence-corrected chi connectivity index (χ4v) is 3.17. The summed E-state index contributed by atoms with van der Waals surface area (Å²) in [7, 11) is 0. The summed E-state index contributed by atoms with van der Waals surface area (Å²) in [6.07, 6.45) is 6.81. The van der Waals surface area contributed by atoms with Crippen molar-refractivity contribution >= 4 is 17.2 Å². The Bertz CT molecular complexity index is 590. The maximum Gasteiger partial charge on any atom is 0.264 e. The Kier molecular flexibility index (Phi) is 3.83. The maximum atomic E-state index is 12.7. The highest BCUT2D eigenvalue weighted by molar-refractivity contribution is 7.14. The minimum atomic E-state index is 0.175. The van der Waals surface area contributed by atoms with Crippen LogP contribution in [0.1, 0.15) is 39.9 Å². The summed E-state index contributed by atoms with van der Waals surface area (Å²) >= 11 is 1.62. The van der Waals surface area contributed by atoms with Crippen LogP contribution in [0.3, 0.4) is 0 Å². The van der Waals surface area contributed by atoms with Gasteiger partial charge in [0.15, 0.2) is 0 Å². The van der Waals surface area contributed by atoms with Crippen LogP contribution in [0.4, 0.5) is 0 Å². The van der Waals surface area contributed by atoms with Crippen molar-refractivity contribution in [3.05, 3.63) is 52.0 Å². The maximum absolute atomic E-state index is 12.7. The molecule has 0 atom stereocenters. The fourth-order valence-electron chi connectivity index (χ4n) is 2.26. The molecule has 1 saturated carbocycles. The van der Waals surface area contributed by atoms with E-state index in [1.165, 1.54) is 4.88 Å². The van der Waals surface area contributed by atoms with E-state index in [2.05, 4.69) is 18.0 Å². The minimum Gasteiger partial charge on any atom is -0.331 e. The van der Waals surface area contributed by atoms with Gasteiger partial charge in [-0.2, -0.15) is 0 Å². The van der Waals surface area contributed by atoms with E-state index in [4.69, 9.17) is 0 Å². The second kappa shape index (κ2) is 5.75. The number of thiophene rings is 1. The molecule has 1 aliphatic carbocycles. The SMILES string of the molecule is CCc1ccc(C(=O)N(Cc2ccncc2)C2CC2)s1. The molecule has 0 N–H and O–H groups in total. The van der Waals surface area contributed by atoms with E-state index in [9.17, 15) is 4.79 Å². The van der Waals surface area contributed by atoms with Gasteiger partial charge >= 0.3 is 0 Å². The zero-order chi connectivity index (χ0) is 13.9. The normalized spacial score (nSPS) is 14.2. The van der Waals surface area contributed by atoms with Crippen molar-refractivity contribution in [3.8, 4) is 0 Å². The van der Waals surface area contributed by atoms with E-state index in [1.54, 1.807) is 23.7 Å². The number of hydrogen-bond donors (Lipinski definition) is 0. The highest BCUT2D eigenvalue weighted by Crippen LogP contribution is 2.31. The van der Waals surface area contributed by atoms with Gasteiger partial charge in [0.05, 0.1) is 4.88 Å². The van der Waals surface area contributed by atoms with Gasteiger partial charge in [-0.3, -0.25) is 9.78 Å². The number of carbonyl (C=O) groups is 1. The summed E-state index contributed by atoms with van der Waals surface area (Å²) < 4.78 is 0. The Morgan fingerprint density at radius 2 is 2.05 bits per heavy atom. The number of carbonyl (C=O) groups excluding carboxylic acids is 1. The molecule has 0 aliphatic heterocycles. The van der Waals surface area contributed by atoms with Crippen LogP contribution in [0.5, 0.6) is 0 Å². The third kappa shape index (κ3) is 2.90. The van der Waals surface area contributed by atoms with E-state index in [1.807, 2.05) is 23.1 Å². The largest absolute Gasteiger partial charge is 0.331 e. The van der Waals surface area contributed by atoms with Gasteiger partial charge in [0.1, 0.15) is 0 Å². The zero-order valence-corrected chi connectivity index (χ0v) is 12.4. The fraction of sp³-hybridized carbons (Fsp3) is 0.375. The Labute approximate surface area is 123 Å². The summed E-state index contributed by atoms with van der Waals surface area (Å²) in [5, 5.41) is 0. The number of aryl methyl sites for hydroxylation is 1. The molecule has 3 rings (SSSR count). The molecule has 2 aromatic rings. The molecule has 2 heterocycles. The standard InChI is InChI=1S/C16H18N2OS/c1-2-14-5-6-15(20-14)16(19)18(13-3-4-13)11-12-7-9-17-10-8-12/h5-10,13H,2-4,11H2,1H3. The third-order valence-corrected chi connectivity index (χ3v) is 4.79. The van der Waals surface area contributed by atoms with Crippen LogP contribution in [0.15, 0.2) is 36.7 Å². The highest BCUT2D eigenvalue weighted by atomic mass is 32.1. The van der Waals surface area contributed by atoms with Crippen LogP contribution in [0, 0.1) is 0 Å². The molecule has 1 fully saturated rings. The summed E-state index contributed by atoms with van der Waals surface area (Å²) in [5.41, 5.74) is 1.15. The lowest BCUT2D eigenvalue weighted by Gasteiger charge is -2.21. The summed E-state index contributed by atoms with van der Waals surface area (Å²) in [5.74, 6) is 0.175. The molecule has 0 spiro atoms. The van der Waals surface area contributed by atoms with Crippen LogP contribution in [0.25, 0.3) is 0 Å². The summed E-state index contributed by atoms with van der Waals surface area (Å²) in [4.78, 5) is 20.9. The van der Waals surface area contributed by atoms with Crippen LogP contribution in [-0.2, 0) is 13.0 Å². The molecule has 0 unspecified atom stereocenters. The monoisotopic (exact) mass is 286 g/mol. The van der Waals surface area contributed by atoms with Gasteiger partial charge in [0.25, 0.3) is 5.91 Å². The predicted molar refractivity (Wildman–Crippen MR) is 80.8 cm³/mol. The summed E-state index contributed by atoms with van der Waals surface area (Å²) in [6, 6.07) is 8.41. The van der Waals surface area contributed by atoms with Crippen molar-refractivity contribution < 1.29 is 4.79 Å². The minimum absolute atomic E-state index is 0.175. The number of rotatable bonds is 5. The van der Waals surface area contributed by atoms with Gasteiger partial charge in [-0.05, 0) is 49.1 Å². The van der Waals surface area contributed by atoms with Gasteiger partial charge < -0.3 is 4.90 Å². The zero-order valence-electron chi connectivity index (χ0n) is 11.6. The first-order valence-corrected chi connectivity index (χ1v) is 7.88. The Morgan fingerprint density at radius 1 is 1.30 bits per heavy atom. The first-order valence-electron chi connectivity index (χ1n) is 7.06. The van der Waals surface area contributed by atoms with Gasteiger partial charge in [-0.15, -0.1) is 11.3 Å². The Morgan fingerprint density at radius 3 is 2.65 bits per heavy atom. The average molecular weight is 286 g/mol. The van der Waals surface area contributed by atoms with Crippen molar-refractivity contribution in [1.82, 2.24) is 9.88 Å². The van der Waals surface area contributed by atoms with Gasteiger partial charge in [0, 0.05) is 29.9 Å². The molecule has 4 heteroatoms. The molecule has 0 bridgehead atoms.